The molecule has 3 heterocycles. The van der Waals surface area contributed by atoms with Crippen LogP contribution in [0.25, 0.3) is 0 Å². The number of rotatable bonds is 2. The molecule has 6 heteroatoms. The molecule has 0 aromatic carbocycles. The summed E-state index contributed by atoms with van der Waals surface area (Å²) in [7, 11) is 0. The first kappa shape index (κ1) is 13.1. The molecule has 3 aliphatic heterocycles. The smallest absolute Gasteiger partial charge is 0.317 e. The van der Waals surface area contributed by atoms with E-state index in [9.17, 15) is 9.59 Å². The largest absolute Gasteiger partial charge is 0.393 e. The molecule has 108 valence electrons. The quantitative estimate of drug-likeness (QED) is 0.338. The molecule has 0 saturated carbocycles. The zero-order chi connectivity index (χ0) is 14.0. The van der Waals surface area contributed by atoms with E-state index in [0.717, 1.165) is 0 Å². The highest BCUT2D eigenvalue weighted by Crippen LogP contribution is 2.55. The molecule has 0 amide bonds. The summed E-state index contributed by atoms with van der Waals surface area (Å²) in [5.74, 6) is 0.0188. The van der Waals surface area contributed by atoms with Crippen molar-refractivity contribution in [2.45, 2.75) is 25.0 Å². The van der Waals surface area contributed by atoms with Crippen LogP contribution in [-0.4, -0.2) is 35.9 Å². The molecule has 1 aliphatic carbocycles. The Morgan fingerprint density at radius 1 is 0.900 bits per heavy atom. The molecule has 0 aromatic rings. The molecule has 20 heavy (non-hydrogen) atoms. The third kappa shape index (κ3) is 1.53. The minimum Gasteiger partial charge on any atom is -0.393 e. The molecule has 0 unspecified atom stereocenters. The Hall–Kier alpha value is -0.580. The van der Waals surface area contributed by atoms with Crippen LogP contribution in [-0.2, 0) is 19.1 Å². The van der Waals surface area contributed by atoms with E-state index in [2.05, 4.69) is 0 Å². The number of esters is 2. The van der Waals surface area contributed by atoms with E-state index < -0.39 is 0 Å². The van der Waals surface area contributed by atoms with Crippen LogP contribution in [0.15, 0.2) is 11.1 Å². The van der Waals surface area contributed by atoms with Crippen LogP contribution in [0.5, 0.6) is 0 Å². The number of hydrogen-bond acceptors (Lipinski definition) is 4. The maximum Gasteiger partial charge on any atom is 0.317 e. The predicted octanol–water partition coefficient (Wildman–Crippen LogP) is 1.88. The molecule has 4 nitrogen and oxygen atoms in total. The first-order valence-electron chi connectivity index (χ1n) is 6.90. The summed E-state index contributed by atoms with van der Waals surface area (Å²) in [6, 6.07) is 0. The molecule has 0 N–H and O–H groups in total. The fourth-order valence-electron chi connectivity index (χ4n) is 4.24. The van der Waals surface area contributed by atoms with Gasteiger partial charge in [-0.25, -0.2) is 0 Å². The molecular formula is C14H14Cl2O4. The second-order valence-electron chi connectivity index (χ2n) is 6.03. The molecule has 4 aliphatic rings. The molecule has 4 rings (SSSR count). The zero-order valence-corrected chi connectivity index (χ0v) is 12.2. The zero-order valence-electron chi connectivity index (χ0n) is 10.7. The van der Waals surface area contributed by atoms with Gasteiger partial charge in [0.15, 0.2) is 0 Å². The molecule has 6 atom stereocenters. The number of hydrogen-bond donors (Lipinski definition) is 0. The summed E-state index contributed by atoms with van der Waals surface area (Å²) < 4.78 is 10.8. The number of fused-ring (bicyclic) bond motifs is 5. The average Bonchev–Trinajstić information content (AvgIpc) is 3.07. The van der Waals surface area contributed by atoms with Gasteiger partial charge in [0.25, 0.3) is 0 Å². The van der Waals surface area contributed by atoms with Crippen molar-refractivity contribution in [1.82, 2.24) is 0 Å². The standard InChI is InChI=1S/C14H14Cl2O4/c15-3-9-10(4-16)12-6-2-8-7(13(17)20-14(8)18)1-5(6)11(9)19-12/h7-12H,1-4H2/t7-,8+,9-,10+,11+,12-. The van der Waals surface area contributed by atoms with Crippen LogP contribution >= 0.6 is 23.2 Å². The van der Waals surface area contributed by atoms with Crippen molar-refractivity contribution in [2.75, 3.05) is 11.8 Å². The van der Waals surface area contributed by atoms with Gasteiger partial charge < -0.3 is 9.47 Å². The molecule has 2 bridgehead atoms. The van der Waals surface area contributed by atoms with Crippen molar-refractivity contribution in [3.8, 4) is 0 Å². The molecule has 0 spiro atoms. The van der Waals surface area contributed by atoms with Gasteiger partial charge in [0.05, 0.1) is 24.0 Å². The van der Waals surface area contributed by atoms with Crippen LogP contribution in [0.2, 0.25) is 0 Å². The van der Waals surface area contributed by atoms with Crippen LogP contribution < -0.4 is 0 Å². The van der Waals surface area contributed by atoms with Crippen molar-refractivity contribution >= 4 is 35.1 Å². The highest BCUT2D eigenvalue weighted by Gasteiger charge is 2.58. The number of carbonyl (C=O) groups excluding carboxylic acids is 2. The Labute approximate surface area is 126 Å². The number of cyclic esters (lactones) is 2. The van der Waals surface area contributed by atoms with Gasteiger partial charge in [0.1, 0.15) is 0 Å². The number of halogens is 2. The van der Waals surface area contributed by atoms with Crippen molar-refractivity contribution in [2.24, 2.45) is 23.7 Å². The van der Waals surface area contributed by atoms with Gasteiger partial charge in [0, 0.05) is 23.6 Å². The van der Waals surface area contributed by atoms with Gasteiger partial charge in [-0.1, -0.05) is 0 Å². The lowest BCUT2D eigenvalue weighted by molar-refractivity contribution is -0.153. The Morgan fingerprint density at radius 2 is 1.35 bits per heavy atom. The van der Waals surface area contributed by atoms with Crippen LogP contribution in [0, 0.1) is 23.7 Å². The number of ether oxygens (including phenoxy) is 2. The summed E-state index contributed by atoms with van der Waals surface area (Å²) in [6.07, 6.45) is 1.10. The molecule has 0 aromatic heterocycles. The summed E-state index contributed by atoms with van der Waals surface area (Å²) in [6.45, 7) is 0. The highest BCUT2D eigenvalue weighted by atomic mass is 35.5. The van der Waals surface area contributed by atoms with Gasteiger partial charge >= 0.3 is 11.9 Å². The van der Waals surface area contributed by atoms with E-state index in [-0.39, 0.29) is 47.8 Å². The van der Waals surface area contributed by atoms with E-state index >= 15 is 0 Å². The minimum absolute atomic E-state index is 0.0271. The Kier molecular flexibility index (Phi) is 2.92. The lowest BCUT2D eigenvalue weighted by Crippen LogP contribution is -2.37. The van der Waals surface area contributed by atoms with Gasteiger partial charge in [-0.05, 0) is 24.0 Å². The number of alkyl halides is 2. The highest BCUT2D eigenvalue weighted by molar-refractivity contribution is 6.19. The van der Waals surface area contributed by atoms with E-state index in [4.69, 9.17) is 32.7 Å². The molecule has 2 saturated heterocycles. The van der Waals surface area contributed by atoms with Crippen molar-refractivity contribution in [3.05, 3.63) is 11.1 Å². The maximum atomic E-state index is 11.7. The molecular weight excluding hydrogens is 303 g/mol. The van der Waals surface area contributed by atoms with E-state index in [1.165, 1.54) is 11.1 Å². The summed E-state index contributed by atoms with van der Waals surface area (Å²) >= 11 is 12.1. The van der Waals surface area contributed by atoms with Crippen LogP contribution in [0.4, 0.5) is 0 Å². The van der Waals surface area contributed by atoms with E-state index in [0.29, 0.717) is 24.6 Å². The maximum absolute atomic E-state index is 11.7. The Bertz CT molecular complexity index is 485. The topological polar surface area (TPSA) is 52.6 Å². The summed E-state index contributed by atoms with van der Waals surface area (Å²) in [5, 5.41) is 0. The van der Waals surface area contributed by atoms with E-state index in [1.54, 1.807) is 0 Å². The molecule has 0 radical (unpaired) electrons. The second-order valence-corrected chi connectivity index (χ2v) is 6.64. The van der Waals surface area contributed by atoms with Gasteiger partial charge in [0.2, 0.25) is 0 Å². The fourth-order valence-corrected chi connectivity index (χ4v) is 5.03. The third-order valence-corrected chi connectivity index (χ3v) is 5.96. The monoisotopic (exact) mass is 316 g/mol. The predicted molar refractivity (Wildman–Crippen MR) is 71.4 cm³/mol. The van der Waals surface area contributed by atoms with Crippen LogP contribution in [0.1, 0.15) is 12.8 Å². The van der Waals surface area contributed by atoms with Crippen molar-refractivity contribution in [3.63, 3.8) is 0 Å². The average molecular weight is 317 g/mol. The van der Waals surface area contributed by atoms with Crippen molar-refractivity contribution in [1.29, 1.82) is 0 Å². The molecule has 2 fully saturated rings. The SMILES string of the molecule is O=C1OC(=O)[C@@H]2CC3=C(C[C@H]12)[C@H]1O[C@@H]3[C@H](CCl)[C@@H]1CCl. The summed E-state index contributed by atoms with van der Waals surface area (Å²) in [5.41, 5.74) is 2.35. The fraction of sp³-hybridized carbons (Fsp3) is 0.714. The lowest BCUT2D eigenvalue weighted by Gasteiger charge is -2.33. The van der Waals surface area contributed by atoms with Crippen LogP contribution in [0.3, 0.4) is 0 Å². The van der Waals surface area contributed by atoms with Gasteiger partial charge in [-0.3, -0.25) is 9.59 Å². The Morgan fingerprint density at radius 3 is 1.75 bits per heavy atom. The van der Waals surface area contributed by atoms with Gasteiger partial charge in [-0.15, -0.1) is 23.2 Å². The Balaban J connectivity index is 1.70. The van der Waals surface area contributed by atoms with Crippen molar-refractivity contribution < 1.29 is 19.1 Å². The normalized spacial score (nSPS) is 45.7. The third-order valence-electron chi connectivity index (χ3n) is 5.25. The number of carbonyl (C=O) groups is 2. The first-order chi connectivity index (χ1) is 9.65. The summed E-state index contributed by atoms with van der Waals surface area (Å²) in [4.78, 5) is 23.5. The first-order valence-corrected chi connectivity index (χ1v) is 7.97. The van der Waals surface area contributed by atoms with E-state index in [1.807, 2.05) is 0 Å². The second kappa shape index (κ2) is 4.46. The van der Waals surface area contributed by atoms with Gasteiger partial charge in [-0.2, -0.15) is 0 Å². The minimum atomic E-state index is -0.384. The lowest BCUT2D eigenvalue weighted by atomic mass is 9.67.